The zero-order valence-corrected chi connectivity index (χ0v) is 11.3. The Morgan fingerprint density at radius 2 is 2.24 bits per heavy atom. The fourth-order valence-corrected chi connectivity index (χ4v) is 1.90. The van der Waals surface area contributed by atoms with E-state index in [1.54, 1.807) is 18.4 Å². The van der Waals surface area contributed by atoms with Crippen LogP contribution >= 0.6 is 11.3 Å². The van der Waals surface area contributed by atoms with Gasteiger partial charge in [0.05, 0.1) is 13.2 Å². The number of aliphatic imine (C=N–C) groups is 1. The van der Waals surface area contributed by atoms with Gasteiger partial charge in [0, 0.05) is 20.2 Å². The molecule has 2 N–H and O–H groups in total. The van der Waals surface area contributed by atoms with Crippen molar-refractivity contribution in [3.8, 4) is 0 Å². The number of thiophene rings is 1. The highest BCUT2D eigenvalue weighted by Gasteiger charge is 1.97. The zero-order chi connectivity index (χ0) is 12.3. The Kier molecular flexibility index (Phi) is 7.42. The van der Waals surface area contributed by atoms with Crippen molar-refractivity contribution in [2.75, 3.05) is 26.8 Å². The fourth-order valence-electron chi connectivity index (χ4n) is 1.24. The number of hydrogen-bond acceptors (Lipinski definition) is 3. The van der Waals surface area contributed by atoms with Gasteiger partial charge < -0.3 is 15.4 Å². The standard InChI is InChI=1S/C12H21N3OS/c1-3-5-13-12(14-6-7-16-2)15-9-11-4-8-17-10-11/h4,8,10H,3,5-7,9H2,1-2H3,(H2,13,14,15). The van der Waals surface area contributed by atoms with E-state index in [-0.39, 0.29) is 0 Å². The van der Waals surface area contributed by atoms with Crippen LogP contribution < -0.4 is 10.6 Å². The number of hydrogen-bond donors (Lipinski definition) is 2. The summed E-state index contributed by atoms with van der Waals surface area (Å²) in [5.41, 5.74) is 1.25. The largest absolute Gasteiger partial charge is 0.383 e. The van der Waals surface area contributed by atoms with Crippen LogP contribution in [0.15, 0.2) is 21.8 Å². The van der Waals surface area contributed by atoms with Gasteiger partial charge in [-0.15, -0.1) is 0 Å². The second kappa shape index (κ2) is 9.01. The molecule has 0 amide bonds. The Balaban J connectivity index is 2.39. The van der Waals surface area contributed by atoms with Crippen LogP contribution in [0.2, 0.25) is 0 Å². The first kappa shape index (κ1) is 14.0. The maximum Gasteiger partial charge on any atom is 0.191 e. The normalized spacial score (nSPS) is 11.5. The summed E-state index contributed by atoms with van der Waals surface area (Å²) < 4.78 is 5.00. The summed E-state index contributed by atoms with van der Waals surface area (Å²) in [4.78, 5) is 4.52. The number of nitrogens with zero attached hydrogens (tertiary/aromatic N) is 1. The molecule has 0 aromatic carbocycles. The maximum absolute atomic E-state index is 5.00. The molecule has 0 saturated heterocycles. The van der Waals surface area contributed by atoms with E-state index in [1.807, 2.05) is 0 Å². The molecule has 0 unspecified atom stereocenters. The minimum Gasteiger partial charge on any atom is -0.383 e. The van der Waals surface area contributed by atoms with E-state index < -0.39 is 0 Å². The van der Waals surface area contributed by atoms with E-state index in [0.29, 0.717) is 6.61 Å². The highest BCUT2D eigenvalue weighted by atomic mass is 32.1. The minimum absolute atomic E-state index is 0.686. The van der Waals surface area contributed by atoms with Crippen molar-refractivity contribution in [3.05, 3.63) is 22.4 Å². The number of rotatable bonds is 7. The Labute approximate surface area is 107 Å². The van der Waals surface area contributed by atoms with Crippen molar-refractivity contribution >= 4 is 17.3 Å². The summed E-state index contributed by atoms with van der Waals surface area (Å²) in [5.74, 6) is 0.857. The second-order valence-electron chi connectivity index (χ2n) is 3.64. The highest BCUT2D eigenvalue weighted by Crippen LogP contribution is 2.06. The summed E-state index contributed by atoms with van der Waals surface area (Å²) in [6, 6.07) is 2.10. The predicted octanol–water partition coefficient (Wildman–Crippen LogP) is 1.84. The first-order chi connectivity index (χ1) is 8.36. The van der Waals surface area contributed by atoms with Gasteiger partial charge in [-0.2, -0.15) is 11.3 Å². The molecule has 0 fully saturated rings. The molecule has 0 atom stereocenters. The van der Waals surface area contributed by atoms with E-state index in [0.717, 1.165) is 32.0 Å². The van der Waals surface area contributed by atoms with Gasteiger partial charge >= 0.3 is 0 Å². The van der Waals surface area contributed by atoms with Crippen LogP contribution in [0.5, 0.6) is 0 Å². The van der Waals surface area contributed by atoms with Crippen LogP contribution in [0.1, 0.15) is 18.9 Å². The lowest BCUT2D eigenvalue weighted by atomic mass is 10.3. The molecule has 1 aromatic heterocycles. The van der Waals surface area contributed by atoms with Gasteiger partial charge in [-0.05, 0) is 28.8 Å². The molecule has 0 aliphatic carbocycles. The van der Waals surface area contributed by atoms with Crippen molar-refractivity contribution < 1.29 is 4.74 Å². The van der Waals surface area contributed by atoms with Gasteiger partial charge in [0.25, 0.3) is 0 Å². The monoisotopic (exact) mass is 255 g/mol. The van der Waals surface area contributed by atoms with Crippen molar-refractivity contribution in [2.24, 2.45) is 4.99 Å². The number of ether oxygens (including phenoxy) is 1. The lowest BCUT2D eigenvalue weighted by molar-refractivity contribution is 0.203. The molecule has 1 heterocycles. The van der Waals surface area contributed by atoms with Gasteiger partial charge in [0.15, 0.2) is 5.96 Å². The van der Waals surface area contributed by atoms with Crippen LogP contribution in [-0.2, 0) is 11.3 Å². The molecular weight excluding hydrogens is 234 g/mol. The first-order valence-corrected chi connectivity index (χ1v) is 6.83. The van der Waals surface area contributed by atoms with Crippen LogP contribution in [0.3, 0.4) is 0 Å². The molecule has 1 rings (SSSR count). The quantitative estimate of drug-likeness (QED) is 0.444. The maximum atomic E-state index is 5.00. The average molecular weight is 255 g/mol. The molecule has 17 heavy (non-hydrogen) atoms. The van der Waals surface area contributed by atoms with Gasteiger partial charge in [-0.25, -0.2) is 4.99 Å². The molecule has 0 saturated carbocycles. The predicted molar refractivity (Wildman–Crippen MR) is 73.6 cm³/mol. The third kappa shape index (κ3) is 6.28. The van der Waals surface area contributed by atoms with Gasteiger partial charge in [-0.3, -0.25) is 0 Å². The van der Waals surface area contributed by atoms with Gasteiger partial charge in [0.1, 0.15) is 0 Å². The number of guanidine groups is 1. The number of methoxy groups -OCH3 is 1. The molecule has 0 aliphatic heterocycles. The Morgan fingerprint density at radius 3 is 2.88 bits per heavy atom. The third-order valence-corrected chi connectivity index (χ3v) is 2.87. The van der Waals surface area contributed by atoms with E-state index in [9.17, 15) is 0 Å². The van der Waals surface area contributed by atoms with Crippen LogP contribution in [0.4, 0.5) is 0 Å². The second-order valence-corrected chi connectivity index (χ2v) is 4.42. The zero-order valence-electron chi connectivity index (χ0n) is 10.5. The van der Waals surface area contributed by atoms with E-state index in [4.69, 9.17) is 4.74 Å². The molecule has 5 heteroatoms. The third-order valence-electron chi connectivity index (χ3n) is 2.14. The molecule has 4 nitrogen and oxygen atoms in total. The summed E-state index contributed by atoms with van der Waals surface area (Å²) in [5, 5.41) is 10.7. The SMILES string of the molecule is CCCNC(=NCc1ccsc1)NCCOC. The summed E-state index contributed by atoms with van der Waals surface area (Å²) in [7, 11) is 1.70. The van der Waals surface area contributed by atoms with Crippen molar-refractivity contribution in [1.82, 2.24) is 10.6 Å². The Bertz CT molecular complexity index is 312. The molecule has 0 bridgehead atoms. The molecular formula is C12H21N3OS. The molecule has 0 aliphatic rings. The topological polar surface area (TPSA) is 45.7 Å². The van der Waals surface area contributed by atoms with Crippen molar-refractivity contribution in [1.29, 1.82) is 0 Å². The highest BCUT2D eigenvalue weighted by molar-refractivity contribution is 7.07. The fraction of sp³-hybridized carbons (Fsp3) is 0.583. The molecule has 1 aromatic rings. The van der Waals surface area contributed by atoms with E-state index >= 15 is 0 Å². The summed E-state index contributed by atoms with van der Waals surface area (Å²) in [6.07, 6.45) is 1.09. The van der Waals surface area contributed by atoms with Crippen LogP contribution in [0, 0.1) is 0 Å². The van der Waals surface area contributed by atoms with Crippen molar-refractivity contribution in [3.63, 3.8) is 0 Å². The average Bonchev–Trinajstić information content (AvgIpc) is 2.85. The first-order valence-electron chi connectivity index (χ1n) is 5.89. The Morgan fingerprint density at radius 1 is 1.41 bits per heavy atom. The van der Waals surface area contributed by atoms with E-state index in [1.165, 1.54) is 5.56 Å². The smallest absolute Gasteiger partial charge is 0.191 e. The summed E-state index contributed by atoms with van der Waals surface area (Å²) >= 11 is 1.70. The molecule has 0 radical (unpaired) electrons. The molecule has 0 spiro atoms. The lowest BCUT2D eigenvalue weighted by Crippen LogP contribution is -2.39. The number of nitrogens with one attached hydrogen (secondary N) is 2. The van der Waals surface area contributed by atoms with E-state index in [2.05, 4.69) is 39.4 Å². The summed E-state index contributed by atoms with van der Waals surface area (Å²) in [6.45, 7) is 5.25. The van der Waals surface area contributed by atoms with Crippen LogP contribution in [-0.4, -0.2) is 32.8 Å². The van der Waals surface area contributed by atoms with Gasteiger partial charge in [-0.1, -0.05) is 6.92 Å². The molecule has 96 valence electrons. The minimum atomic E-state index is 0.686. The van der Waals surface area contributed by atoms with Gasteiger partial charge in [0.2, 0.25) is 0 Å². The van der Waals surface area contributed by atoms with Crippen molar-refractivity contribution in [2.45, 2.75) is 19.9 Å². The lowest BCUT2D eigenvalue weighted by Gasteiger charge is -2.11. The van der Waals surface area contributed by atoms with Crippen LogP contribution in [0.25, 0.3) is 0 Å². The Hall–Kier alpha value is -1.07.